The Bertz CT molecular complexity index is 478. The summed E-state index contributed by atoms with van der Waals surface area (Å²) in [6.45, 7) is 0.432. The van der Waals surface area contributed by atoms with Gasteiger partial charge in [0.15, 0.2) is 5.57 Å². The quantitative estimate of drug-likeness (QED) is 0.504. The summed E-state index contributed by atoms with van der Waals surface area (Å²) in [5.41, 5.74) is 0.798. The largest absolute Gasteiger partial charge is 0.465 e. The molecule has 0 aliphatic heterocycles. The molecule has 17 heavy (non-hydrogen) atoms. The Morgan fingerprint density at radius 3 is 2.88 bits per heavy atom. The third kappa shape index (κ3) is 3.82. The molecule has 0 aromatic heterocycles. The number of nitrogens with one attached hydrogen (secondary N) is 1. The molecule has 0 heterocycles. The summed E-state index contributed by atoms with van der Waals surface area (Å²) in [6, 6.07) is 9.06. The molecule has 0 atom stereocenters. The van der Waals surface area contributed by atoms with Gasteiger partial charge in [0.25, 0.3) is 0 Å². The molecular weight excluding hydrogens is 240 g/mol. The molecule has 0 unspecified atom stereocenters. The summed E-state index contributed by atoms with van der Waals surface area (Å²) in [7, 11) is 1.22. The topological polar surface area (TPSA) is 62.1 Å². The zero-order valence-corrected chi connectivity index (χ0v) is 9.99. The Hall–Kier alpha value is -1.99. The van der Waals surface area contributed by atoms with Gasteiger partial charge in [-0.25, -0.2) is 4.79 Å². The fourth-order valence-corrected chi connectivity index (χ4v) is 1.35. The van der Waals surface area contributed by atoms with Crippen molar-refractivity contribution in [2.24, 2.45) is 0 Å². The lowest BCUT2D eigenvalue weighted by Crippen LogP contribution is -2.11. The van der Waals surface area contributed by atoms with Crippen LogP contribution in [0.2, 0.25) is 5.02 Å². The molecule has 0 saturated carbocycles. The predicted octanol–water partition coefficient (Wildman–Crippen LogP) is 2.01. The van der Waals surface area contributed by atoms with E-state index in [4.69, 9.17) is 16.9 Å². The van der Waals surface area contributed by atoms with Gasteiger partial charge in [0.2, 0.25) is 0 Å². The van der Waals surface area contributed by atoms with Gasteiger partial charge in [-0.2, -0.15) is 5.26 Å². The molecule has 0 aliphatic carbocycles. The zero-order chi connectivity index (χ0) is 12.7. The first kappa shape index (κ1) is 13.1. The highest BCUT2D eigenvalue weighted by molar-refractivity contribution is 6.31. The van der Waals surface area contributed by atoms with E-state index in [0.717, 1.165) is 5.56 Å². The number of hydrogen-bond donors (Lipinski definition) is 1. The van der Waals surface area contributed by atoms with Crippen LogP contribution in [0, 0.1) is 11.3 Å². The van der Waals surface area contributed by atoms with E-state index in [2.05, 4.69) is 10.1 Å². The second-order valence-electron chi connectivity index (χ2n) is 3.13. The molecule has 0 aliphatic rings. The Morgan fingerprint density at radius 2 is 2.29 bits per heavy atom. The smallest absolute Gasteiger partial charge is 0.350 e. The minimum absolute atomic E-state index is 0.0837. The fraction of sp³-hybridized carbons (Fsp3) is 0.167. The number of rotatable bonds is 4. The molecule has 0 saturated heterocycles. The summed E-state index contributed by atoms with van der Waals surface area (Å²) in [6.07, 6.45) is 1.31. The van der Waals surface area contributed by atoms with Crippen molar-refractivity contribution in [3.8, 4) is 6.07 Å². The number of carbonyl (C=O) groups is 1. The first-order valence-corrected chi connectivity index (χ1v) is 5.22. The van der Waals surface area contributed by atoms with Gasteiger partial charge in [-0.15, -0.1) is 0 Å². The van der Waals surface area contributed by atoms with E-state index in [-0.39, 0.29) is 5.57 Å². The Labute approximate surface area is 104 Å². The lowest BCUT2D eigenvalue weighted by atomic mass is 10.2. The first-order chi connectivity index (χ1) is 8.19. The molecule has 0 fully saturated rings. The van der Waals surface area contributed by atoms with E-state index >= 15 is 0 Å². The van der Waals surface area contributed by atoms with Crippen molar-refractivity contribution in [3.05, 3.63) is 46.6 Å². The van der Waals surface area contributed by atoms with Crippen LogP contribution in [0.3, 0.4) is 0 Å². The highest BCUT2D eigenvalue weighted by Crippen LogP contribution is 2.14. The van der Waals surface area contributed by atoms with Crippen molar-refractivity contribution in [1.82, 2.24) is 5.32 Å². The minimum atomic E-state index is -0.667. The van der Waals surface area contributed by atoms with Crippen molar-refractivity contribution in [2.45, 2.75) is 6.54 Å². The Kier molecular flexibility index (Phi) is 5.05. The maximum absolute atomic E-state index is 11.1. The molecule has 0 spiro atoms. The Balaban J connectivity index is 2.63. The maximum Gasteiger partial charge on any atom is 0.350 e. The molecule has 1 rings (SSSR count). The number of carbonyl (C=O) groups excluding carboxylic acids is 1. The van der Waals surface area contributed by atoms with Crippen molar-refractivity contribution in [3.63, 3.8) is 0 Å². The van der Waals surface area contributed by atoms with E-state index in [1.165, 1.54) is 13.3 Å². The van der Waals surface area contributed by atoms with Gasteiger partial charge in [-0.05, 0) is 11.6 Å². The fourth-order valence-electron chi connectivity index (χ4n) is 1.15. The van der Waals surface area contributed by atoms with E-state index in [9.17, 15) is 4.79 Å². The van der Waals surface area contributed by atoms with Crippen molar-refractivity contribution in [1.29, 1.82) is 5.26 Å². The molecule has 0 bridgehead atoms. The highest BCUT2D eigenvalue weighted by Gasteiger charge is 2.07. The van der Waals surface area contributed by atoms with Gasteiger partial charge in [-0.1, -0.05) is 29.8 Å². The van der Waals surface area contributed by atoms with Crippen LogP contribution in [-0.4, -0.2) is 13.1 Å². The second kappa shape index (κ2) is 6.56. The van der Waals surface area contributed by atoms with Crippen LogP contribution in [0.15, 0.2) is 36.0 Å². The maximum atomic E-state index is 11.1. The standard InChI is InChI=1S/C12H11ClN2O2/c1-17-12(16)10(6-14)8-15-7-9-4-2-3-5-11(9)13/h2-5,8,15H,7H2,1H3/b10-8-. The number of esters is 1. The van der Waals surface area contributed by atoms with Gasteiger partial charge >= 0.3 is 5.97 Å². The van der Waals surface area contributed by atoms with E-state index in [1.807, 2.05) is 18.2 Å². The van der Waals surface area contributed by atoms with E-state index in [1.54, 1.807) is 12.1 Å². The SMILES string of the molecule is COC(=O)/C(C#N)=C\NCc1ccccc1Cl. The molecule has 1 aromatic carbocycles. The summed E-state index contributed by atoms with van der Waals surface area (Å²) in [5, 5.41) is 12.2. The Morgan fingerprint density at radius 1 is 1.59 bits per heavy atom. The number of nitrogens with zero attached hydrogens (tertiary/aromatic N) is 1. The molecule has 1 aromatic rings. The molecule has 5 heteroatoms. The molecule has 4 nitrogen and oxygen atoms in total. The second-order valence-corrected chi connectivity index (χ2v) is 3.54. The normalized spacial score (nSPS) is 10.5. The number of halogens is 1. The van der Waals surface area contributed by atoms with Crippen LogP contribution in [0.1, 0.15) is 5.56 Å². The molecule has 0 radical (unpaired) electrons. The lowest BCUT2D eigenvalue weighted by Gasteiger charge is -2.04. The van der Waals surface area contributed by atoms with Crippen molar-refractivity contribution >= 4 is 17.6 Å². The number of benzene rings is 1. The minimum Gasteiger partial charge on any atom is -0.465 e. The van der Waals surface area contributed by atoms with Crippen LogP contribution in [-0.2, 0) is 16.1 Å². The monoisotopic (exact) mass is 250 g/mol. The van der Waals surface area contributed by atoms with Gasteiger partial charge < -0.3 is 10.1 Å². The average Bonchev–Trinajstić information content (AvgIpc) is 2.36. The summed E-state index contributed by atoms with van der Waals surface area (Å²) < 4.78 is 4.43. The third-order valence-corrected chi connectivity index (χ3v) is 2.39. The van der Waals surface area contributed by atoms with E-state index < -0.39 is 5.97 Å². The van der Waals surface area contributed by atoms with Crippen LogP contribution in [0.5, 0.6) is 0 Å². The van der Waals surface area contributed by atoms with Crippen molar-refractivity contribution in [2.75, 3.05) is 7.11 Å². The number of hydrogen-bond acceptors (Lipinski definition) is 4. The molecule has 1 N–H and O–H groups in total. The number of nitriles is 1. The molecule has 88 valence electrons. The molecular formula is C12H11ClN2O2. The van der Waals surface area contributed by atoms with Crippen LogP contribution < -0.4 is 5.32 Å². The zero-order valence-electron chi connectivity index (χ0n) is 9.24. The summed E-state index contributed by atoms with van der Waals surface area (Å²) >= 11 is 5.95. The van der Waals surface area contributed by atoms with Gasteiger partial charge in [-0.3, -0.25) is 0 Å². The highest BCUT2D eigenvalue weighted by atomic mass is 35.5. The predicted molar refractivity (Wildman–Crippen MR) is 64.0 cm³/mol. The summed E-state index contributed by atoms with van der Waals surface area (Å²) in [4.78, 5) is 11.1. The van der Waals surface area contributed by atoms with Crippen LogP contribution >= 0.6 is 11.6 Å². The van der Waals surface area contributed by atoms with Crippen LogP contribution in [0.4, 0.5) is 0 Å². The van der Waals surface area contributed by atoms with Gasteiger partial charge in [0.05, 0.1) is 7.11 Å². The summed E-state index contributed by atoms with van der Waals surface area (Å²) in [5.74, 6) is -0.667. The third-order valence-electron chi connectivity index (χ3n) is 2.02. The van der Waals surface area contributed by atoms with Gasteiger partial charge in [0.1, 0.15) is 6.07 Å². The van der Waals surface area contributed by atoms with E-state index in [0.29, 0.717) is 11.6 Å². The number of methoxy groups -OCH3 is 1. The lowest BCUT2D eigenvalue weighted by molar-refractivity contribution is -0.135. The average molecular weight is 251 g/mol. The van der Waals surface area contributed by atoms with Crippen molar-refractivity contribution < 1.29 is 9.53 Å². The number of ether oxygens (including phenoxy) is 1. The molecule has 0 amide bonds. The first-order valence-electron chi connectivity index (χ1n) is 4.84. The van der Waals surface area contributed by atoms with Crippen LogP contribution in [0.25, 0.3) is 0 Å². The van der Waals surface area contributed by atoms with Gasteiger partial charge in [0, 0.05) is 17.8 Å².